The highest BCUT2D eigenvalue weighted by molar-refractivity contribution is 5.97. The Morgan fingerprint density at radius 3 is 2.78 bits per heavy atom. The van der Waals surface area contributed by atoms with Gasteiger partial charge in [-0.15, -0.1) is 0 Å². The summed E-state index contributed by atoms with van der Waals surface area (Å²) in [5, 5.41) is 9.55. The van der Waals surface area contributed by atoms with Gasteiger partial charge in [-0.25, -0.2) is 4.39 Å². The van der Waals surface area contributed by atoms with Crippen LogP contribution >= 0.6 is 0 Å². The third-order valence-electron chi connectivity index (χ3n) is 2.46. The second-order valence-electron chi connectivity index (χ2n) is 3.71. The summed E-state index contributed by atoms with van der Waals surface area (Å²) < 4.78 is 18.4. The minimum atomic E-state index is -0.751. The van der Waals surface area contributed by atoms with Crippen molar-refractivity contribution in [1.29, 1.82) is 0 Å². The highest BCUT2D eigenvalue weighted by atomic mass is 19.1. The minimum absolute atomic E-state index is 0.255. The van der Waals surface area contributed by atoms with Crippen molar-refractivity contribution in [3.8, 4) is 5.75 Å². The molecule has 0 heterocycles. The number of ether oxygens (including phenoxy) is 1. The monoisotopic (exact) mass is 256 g/mol. The van der Waals surface area contributed by atoms with Gasteiger partial charge < -0.3 is 20.5 Å². The van der Waals surface area contributed by atoms with Crippen molar-refractivity contribution < 1.29 is 19.0 Å². The van der Waals surface area contributed by atoms with E-state index >= 15 is 0 Å². The lowest BCUT2D eigenvalue weighted by Gasteiger charge is -2.22. The molecule has 100 valence electrons. The molecule has 0 bridgehead atoms. The number of aromatic hydroxyl groups is 1. The van der Waals surface area contributed by atoms with E-state index in [4.69, 9.17) is 10.5 Å². The van der Waals surface area contributed by atoms with E-state index < -0.39 is 11.7 Å². The summed E-state index contributed by atoms with van der Waals surface area (Å²) in [6, 6.07) is 3.74. The van der Waals surface area contributed by atoms with Crippen molar-refractivity contribution in [2.24, 2.45) is 5.73 Å². The zero-order chi connectivity index (χ0) is 13.5. The molecule has 0 saturated carbocycles. The first-order chi connectivity index (χ1) is 8.61. The number of hydrogen-bond acceptors (Lipinski definition) is 4. The number of nitrogens with two attached hydrogens (primary N) is 1. The third-order valence-corrected chi connectivity index (χ3v) is 2.46. The Kier molecular flexibility index (Phi) is 5.54. The molecule has 0 aliphatic carbocycles. The molecule has 3 N–H and O–H groups in total. The Morgan fingerprint density at radius 2 is 2.22 bits per heavy atom. The Hall–Kier alpha value is -1.66. The molecule has 0 unspecified atom stereocenters. The predicted molar refractivity (Wildman–Crippen MR) is 64.9 cm³/mol. The van der Waals surface area contributed by atoms with Crippen LogP contribution in [0.25, 0.3) is 0 Å². The van der Waals surface area contributed by atoms with Crippen LogP contribution in [-0.4, -0.2) is 49.3 Å². The van der Waals surface area contributed by atoms with Gasteiger partial charge in [0.25, 0.3) is 5.91 Å². The second kappa shape index (κ2) is 6.93. The topological polar surface area (TPSA) is 75.8 Å². The zero-order valence-electron chi connectivity index (χ0n) is 10.2. The van der Waals surface area contributed by atoms with Gasteiger partial charge in [-0.3, -0.25) is 4.79 Å². The smallest absolute Gasteiger partial charge is 0.260 e. The molecule has 1 rings (SSSR count). The van der Waals surface area contributed by atoms with E-state index in [0.29, 0.717) is 13.2 Å². The normalized spacial score (nSPS) is 10.4. The standard InChI is InChI=1S/C12H17FN2O3/c1-18-8-7-15(6-5-14)12(17)11-9(13)3-2-4-10(11)16/h2-4,16H,5-8,14H2,1H3. The van der Waals surface area contributed by atoms with Gasteiger partial charge in [-0.2, -0.15) is 0 Å². The molecule has 0 radical (unpaired) electrons. The van der Waals surface area contributed by atoms with E-state index in [2.05, 4.69) is 0 Å². The Balaban J connectivity index is 2.94. The Morgan fingerprint density at radius 1 is 1.50 bits per heavy atom. The quantitative estimate of drug-likeness (QED) is 0.780. The summed E-state index contributed by atoms with van der Waals surface area (Å²) >= 11 is 0. The SMILES string of the molecule is COCCN(CCN)C(=O)c1c(O)cccc1F. The van der Waals surface area contributed by atoms with Crippen molar-refractivity contribution >= 4 is 5.91 Å². The van der Waals surface area contributed by atoms with Crippen molar-refractivity contribution in [1.82, 2.24) is 4.90 Å². The number of benzene rings is 1. The van der Waals surface area contributed by atoms with Crippen LogP contribution in [0.2, 0.25) is 0 Å². The van der Waals surface area contributed by atoms with Crippen LogP contribution in [-0.2, 0) is 4.74 Å². The van der Waals surface area contributed by atoms with Gasteiger partial charge >= 0.3 is 0 Å². The summed E-state index contributed by atoms with van der Waals surface area (Å²) in [7, 11) is 1.51. The maximum atomic E-state index is 13.6. The molecule has 0 aliphatic rings. The van der Waals surface area contributed by atoms with E-state index in [1.807, 2.05) is 0 Å². The molecule has 0 fully saturated rings. The predicted octanol–water partition coefficient (Wildman–Crippen LogP) is 0.579. The van der Waals surface area contributed by atoms with Crippen LogP contribution < -0.4 is 5.73 Å². The third kappa shape index (κ3) is 3.41. The Labute approximate surface area is 105 Å². The highest BCUT2D eigenvalue weighted by Gasteiger charge is 2.21. The van der Waals surface area contributed by atoms with Crippen molar-refractivity contribution in [2.75, 3.05) is 33.4 Å². The largest absolute Gasteiger partial charge is 0.507 e. The summed E-state index contributed by atoms with van der Waals surface area (Å²) in [6.07, 6.45) is 0. The number of nitrogens with zero attached hydrogens (tertiary/aromatic N) is 1. The van der Waals surface area contributed by atoms with Gasteiger partial charge in [-0.1, -0.05) is 6.07 Å². The molecule has 6 heteroatoms. The number of halogens is 1. The molecule has 1 amide bonds. The zero-order valence-corrected chi connectivity index (χ0v) is 10.2. The van der Waals surface area contributed by atoms with Gasteiger partial charge in [0.05, 0.1) is 6.61 Å². The fourth-order valence-electron chi connectivity index (χ4n) is 1.55. The van der Waals surface area contributed by atoms with E-state index in [-0.39, 0.29) is 24.4 Å². The molecule has 0 aliphatic heterocycles. The van der Waals surface area contributed by atoms with Crippen molar-refractivity contribution in [3.05, 3.63) is 29.6 Å². The van der Waals surface area contributed by atoms with Gasteiger partial charge in [0.2, 0.25) is 0 Å². The average Bonchev–Trinajstić information content (AvgIpc) is 2.34. The number of carbonyl (C=O) groups excluding carboxylic acids is 1. The maximum Gasteiger partial charge on any atom is 0.260 e. The summed E-state index contributed by atoms with van der Waals surface area (Å²) in [5.74, 6) is -1.72. The van der Waals surface area contributed by atoms with Gasteiger partial charge in [0, 0.05) is 26.7 Å². The first-order valence-electron chi connectivity index (χ1n) is 5.57. The molecule has 5 nitrogen and oxygen atoms in total. The summed E-state index contributed by atoms with van der Waals surface area (Å²) in [4.78, 5) is 13.4. The van der Waals surface area contributed by atoms with E-state index in [1.54, 1.807) is 0 Å². The van der Waals surface area contributed by atoms with Crippen LogP contribution in [0.15, 0.2) is 18.2 Å². The van der Waals surface area contributed by atoms with Crippen LogP contribution in [0.4, 0.5) is 4.39 Å². The van der Waals surface area contributed by atoms with E-state index in [1.165, 1.54) is 24.1 Å². The molecular weight excluding hydrogens is 239 g/mol. The molecule has 0 aromatic heterocycles. The number of amides is 1. The summed E-state index contributed by atoms with van der Waals surface area (Å²) in [5.41, 5.74) is 5.07. The number of carbonyl (C=O) groups is 1. The number of rotatable bonds is 6. The van der Waals surface area contributed by atoms with Crippen LogP contribution in [0.5, 0.6) is 5.75 Å². The first kappa shape index (κ1) is 14.4. The van der Waals surface area contributed by atoms with Crippen molar-refractivity contribution in [3.63, 3.8) is 0 Å². The van der Waals surface area contributed by atoms with Crippen molar-refractivity contribution in [2.45, 2.75) is 0 Å². The molecule has 0 atom stereocenters. The molecular formula is C12H17FN2O3. The lowest BCUT2D eigenvalue weighted by molar-refractivity contribution is 0.0693. The number of hydrogen-bond donors (Lipinski definition) is 2. The van der Waals surface area contributed by atoms with Crippen LogP contribution in [0.1, 0.15) is 10.4 Å². The fraction of sp³-hybridized carbons (Fsp3) is 0.417. The second-order valence-corrected chi connectivity index (χ2v) is 3.71. The Bertz CT molecular complexity index is 392. The van der Waals surface area contributed by atoms with Gasteiger partial charge in [0.1, 0.15) is 17.1 Å². The molecule has 1 aromatic carbocycles. The van der Waals surface area contributed by atoms with E-state index in [9.17, 15) is 14.3 Å². The first-order valence-corrected chi connectivity index (χ1v) is 5.57. The van der Waals surface area contributed by atoms with Crippen LogP contribution in [0, 0.1) is 5.82 Å². The number of methoxy groups -OCH3 is 1. The maximum absolute atomic E-state index is 13.6. The lowest BCUT2D eigenvalue weighted by Crippen LogP contribution is -2.38. The van der Waals surface area contributed by atoms with E-state index in [0.717, 1.165) is 6.07 Å². The van der Waals surface area contributed by atoms with Gasteiger partial charge in [-0.05, 0) is 12.1 Å². The van der Waals surface area contributed by atoms with Gasteiger partial charge in [0.15, 0.2) is 0 Å². The number of phenolic OH excluding ortho intramolecular Hbond substituents is 1. The fourth-order valence-corrected chi connectivity index (χ4v) is 1.55. The molecule has 0 spiro atoms. The highest BCUT2D eigenvalue weighted by Crippen LogP contribution is 2.21. The molecule has 1 aromatic rings. The molecule has 0 saturated heterocycles. The minimum Gasteiger partial charge on any atom is -0.507 e. The lowest BCUT2D eigenvalue weighted by atomic mass is 10.1. The average molecular weight is 256 g/mol. The van der Waals surface area contributed by atoms with Crippen LogP contribution in [0.3, 0.4) is 0 Å². The summed E-state index contributed by atoms with van der Waals surface area (Å²) in [6.45, 7) is 1.14. The number of phenols is 1. The molecule has 18 heavy (non-hydrogen) atoms.